The average Bonchev–Trinajstić information content (AvgIpc) is 1.60. The van der Waals surface area contributed by atoms with E-state index < -0.39 is 0 Å². The zero-order valence-electron chi connectivity index (χ0n) is 4.97. The van der Waals surface area contributed by atoms with Crippen LogP contribution in [0.5, 0.6) is 0 Å². The molecule has 0 unspecified atom stereocenters. The minimum atomic E-state index is -0.171. The summed E-state index contributed by atoms with van der Waals surface area (Å²) in [4.78, 5) is 12.4. The van der Waals surface area contributed by atoms with E-state index in [-0.39, 0.29) is 6.09 Å². The predicted octanol–water partition coefficient (Wildman–Crippen LogP) is 1.22. The van der Waals surface area contributed by atoms with Gasteiger partial charge in [0.25, 0.3) is 0 Å². The van der Waals surface area contributed by atoms with Gasteiger partial charge in [-0.1, -0.05) is 0 Å². The fraction of sp³-hybridized carbons (Fsp3) is 0.800. The van der Waals surface area contributed by atoms with Crippen LogP contribution in [0.3, 0.4) is 0 Å². The zero-order valence-corrected chi connectivity index (χ0v) is 7.13. The summed E-state index contributed by atoms with van der Waals surface area (Å²) < 4.78 is 5.17. The first-order valence-corrected chi connectivity index (χ1v) is 4.35. The average molecular weight is 241 g/mol. The van der Waals surface area contributed by atoms with E-state index in [1.54, 1.807) is 4.90 Å². The Balaban J connectivity index is 2.16. The van der Waals surface area contributed by atoms with E-state index in [2.05, 4.69) is 0 Å². The molecule has 1 rings (SSSR count). The Morgan fingerprint density at radius 3 is 2.67 bits per heavy atom. The quantitative estimate of drug-likeness (QED) is 0.510. The van der Waals surface area contributed by atoms with Crippen LogP contribution in [0, 0.1) is 0 Å². The van der Waals surface area contributed by atoms with E-state index in [0.29, 0.717) is 4.61 Å². The molecule has 4 heteroatoms. The summed E-state index contributed by atoms with van der Waals surface area (Å²) in [6.07, 6.45) is 0.951. The molecular formula is C5H8INO2. The molecule has 0 N–H and O–H groups in total. The van der Waals surface area contributed by atoms with Gasteiger partial charge in [-0.15, -0.1) is 0 Å². The molecular weight excluding hydrogens is 233 g/mol. The van der Waals surface area contributed by atoms with Crippen LogP contribution in [0.2, 0.25) is 0 Å². The van der Waals surface area contributed by atoms with Crippen LogP contribution in [-0.4, -0.2) is 28.7 Å². The van der Waals surface area contributed by atoms with Crippen molar-refractivity contribution >= 4 is 28.7 Å². The number of rotatable bonds is 1. The van der Waals surface area contributed by atoms with Gasteiger partial charge in [-0.05, 0) is 29.0 Å². The summed E-state index contributed by atoms with van der Waals surface area (Å²) in [6, 6.07) is 0. The van der Waals surface area contributed by atoms with Gasteiger partial charge in [0.15, 0.2) is 0 Å². The molecule has 0 aromatic carbocycles. The molecule has 1 saturated heterocycles. The maximum absolute atomic E-state index is 10.7. The van der Waals surface area contributed by atoms with Crippen molar-refractivity contribution in [2.24, 2.45) is 0 Å². The third-order valence-corrected chi connectivity index (χ3v) is 1.60. The lowest BCUT2D eigenvalue weighted by atomic mass is 10.2. The van der Waals surface area contributed by atoms with E-state index in [0.717, 1.165) is 19.5 Å². The van der Waals surface area contributed by atoms with Crippen molar-refractivity contribution in [1.29, 1.82) is 0 Å². The number of carbonyl (C=O) groups is 1. The van der Waals surface area contributed by atoms with Crippen molar-refractivity contribution in [3.8, 4) is 0 Å². The molecule has 52 valence electrons. The van der Waals surface area contributed by atoms with Crippen molar-refractivity contribution in [2.45, 2.75) is 6.42 Å². The fourth-order valence-electron chi connectivity index (χ4n) is 0.637. The molecule has 0 atom stereocenters. The van der Waals surface area contributed by atoms with Crippen LogP contribution >= 0.6 is 22.6 Å². The number of hydrogen-bond donors (Lipinski definition) is 0. The summed E-state index contributed by atoms with van der Waals surface area (Å²) >= 11 is 2.01. The van der Waals surface area contributed by atoms with Crippen molar-refractivity contribution in [2.75, 3.05) is 17.7 Å². The predicted molar refractivity (Wildman–Crippen MR) is 41.6 cm³/mol. The van der Waals surface area contributed by atoms with Gasteiger partial charge < -0.3 is 9.64 Å². The Bertz CT molecular complexity index is 114. The van der Waals surface area contributed by atoms with Gasteiger partial charge in [-0.2, -0.15) is 0 Å². The minimum absolute atomic E-state index is 0.171. The number of hydrogen-bond acceptors (Lipinski definition) is 2. The lowest BCUT2D eigenvalue weighted by Crippen LogP contribution is -2.42. The number of ether oxygens (including phenoxy) is 1. The second-order valence-electron chi connectivity index (χ2n) is 1.86. The lowest BCUT2D eigenvalue weighted by molar-refractivity contribution is 0.0971. The van der Waals surface area contributed by atoms with Gasteiger partial charge in [0.1, 0.15) is 4.61 Å². The van der Waals surface area contributed by atoms with Gasteiger partial charge in [0, 0.05) is 13.1 Å². The van der Waals surface area contributed by atoms with E-state index >= 15 is 0 Å². The molecule has 0 bridgehead atoms. The number of carbonyl (C=O) groups excluding carboxylic acids is 1. The molecule has 1 aliphatic rings. The third kappa shape index (κ3) is 1.70. The van der Waals surface area contributed by atoms with Crippen LogP contribution in [0.15, 0.2) is 0 Å². The maximum atomic E-state index is 10.7. The van der Waals surface area contributed by atoms with Crippen molar-refractivity contribution in [3.05, 3.63) is 0 Å². The van der Waals surface area contributed by atoms with Crippen molar-refractivity contribution in [1.82, 2.24) is 4.90 Å². The van der Waals surface area contributed by atoms with E-state index in [1.165, 1.54) is 0 Å². The third-order valence-electron chi connectivity index (χ3n) is 1.29. The Morgan fingerprint density at radius 1 is 1.67 bits per heavy atom. The van der Waals surface area contributed by atoms with Crippen molar-refractivity contribution < 1.29 is 9.53 Å². The van der Waals surface area contributed by atoms with Crippen LogP contribution < -0.4 is 0 Å². The summed E-state index contributed by atoms with van der Waals surface area (Å²) in [7, 11) is 0. The van der Waals surface area contributed by atoms with Gasteiger partial charge in [-0.3, -0.25) is 0 Å². The molecule has 0 saturated carbocycles. The molecule has 9 heavy (non-hydrogen) atoms. The SMILES string of the molecule is O=C(OCI)N1CCC1. The number of amides is 1. The molecule has 3 nitrogen and oxygen atoms in total. The van der Waals surface area contributed by atoms with Crippen LogP contribution in [0.25, 0.3) is 0 Å². The van der Waals surface area contributed by atoms with Gasteiger partial charge in [0.2, 0.25) is 0 Å². The highest BCUT2D eigenvalue weighted by molar-refractivity contribution is 14.1. The fourth-order valence-corrected chi connectivity index (χ4v) is 0.903. The van der Waals surface area contributed by atoms with Gasteiger partial charge >= 0.3 is 6.09 Å². The van der Waals surface area contributed by atoms with Crippen molar-refractivity contribution in [3.63, 3.8) is 0 Å². The van der Waals surface area contributed by atoms with E-state index in [9.17, 15) is 4.79 Å². The largest absolute Gasteiger partial charge is 0.439 e. The number of halogens is 1. The Hall–Kier alpha value is -0.0000000000000000555. The highest BCUT2D eigenvalue weighted by Crippen LogP contribution is 2.07. The Kier molecular flexibility index (Phi) is 2.56. The molecule has 1 amide bonds. The normalized spacial score (nSPS) is 16.8. The highest BCUT2D eigenvalue weighted by atomic mass is 127. The molecule has 1 heterocycles. The van der Waals surface area contributed by atoms with Gasteiger partial charge in [-0.25, -0.2) is 4.79 Å². The highest BCUT2D eigenvalue weighted by Gasteiger charge is 2.20. The first kappa shape index (κ1) is 7.11. The summed E-state index contributed by atoms with van der Waals surface area (Å²) in [5.41, 5.74) is 0. The molecule has 1 fully saturated rings. The lowest BCUT2D eigenvalue weighted by Gasteiger charge is -2.29. The van der Waals surface area contributed by atoms with Crippen LogP contribution in [0.1, 0.15) is 6.42 Å². The first-order chi connectivity index (χ1) is 4.34. The van der Waals surface area contributed by atoms with Gasteiger partial charge in [0.05, 0.1) is 0 Å². The minimum Gasteiger partial charge on any atom is -0.439 e. The second-order valence-corrected chi connectivity index (χ2v) is 2.48. The number of likely N-dealkylation sites (tertiary alicyclic amines) is 1. The smallest absolute Gasteiger partial charge is 0.410 e. The summed E-state index contributed by atoms with van der Waals surface area (Å²) in [6.45, 7) is 1.74. The van der Waals surface area contributed by atoms with E-state index in [1.807, 2.05) is 22.6 Å². The van der Waals surface area contributed by atoms with Crippen LogP contribution in [0.4, 0.5) is 4.79 Å². The summed E-state index contributed by atoms with van der Waals surface area (Å²) in [5, 5.41) is 0. The topological polar surface area (TPSA) is 29.5 Å². The molecule has 1 aliphatic heterocycles. The molecule has 0 spiro atoms. The Labute approximate surface area is 67.5 Å². The zero-order chi connectivity index (χ0) is 6.69. The maximum Gasteiger partial charge on any atom is 0.410 e. The molecule has 0 aromatic rings. The van der Waals surface area contributed by atoms with E-state index in [4.69, 9.17) is 4.74 Å². The Morgan fingerprint density at radius 2 is 2.33 bits per heavy atom. The monoisotopic (exact) mass is 241 g/mol. The molecule has 0 aromatic heterocycles. The molecule has 0 aliphatic carbocycles. The number of nitrogens with zero attached hydrogens (tertiary/aromatic N) is 1. The summed E-state index contributed by atoms with van der Waals surface area (Å²) in [5.74, 6) is 0. The first-order valence-electron chi connectivity index (χ1n) is 2.82. The number of alkyl halides is 1. The standard InChI is InChI=1S/C5H8INO2/c6-4-9-5(8)7-2-1-3-7/h1-4H2. The second kappa shape index (κ2) is 3.24. The molecule has 0 radical (unpaired) electrons. The van der Waals surface area contributed by atoms with Crippen LogP contribution in [-0.2, 0) is 4.74 Å².